The monoisotopic (exact) mass is 195 g/mol. The summed E-state index contributed by atoms with van der Waals surface area (Å²) in [7, 11) is 0. The van der Waals surface area contributed by atoms with E-state index in [1.165, 1.54) is 11.3 Å². The third-order valence-corrected chi connectivity index (χ3v) is 2.35. The van der Waals surface area contributed by atoms with Gasteiger partial charge in [0.05, 0.1) is 17.5 Å². The van der Waals surface area contributed by atoms with E-state index in [1.54, 1.807) is 11.8 Å². The number of hydrogen-bond donors (Lipinski definition) is 2. The number of thiazole rings is 1. The Hall–Kier alpha value is -1.17. The minimum Gasteiger partial charge on any atom is -0.467 e. The van der Waals surface area contributed by atoms with Crippen LogP contribution in [0.4, 0.5) is 0 Å². The smallest absolute Gasteiger partial charge is 0.128 e. The summed E-state index contributed by atoms with van der Waals surface area (Å²) < 4.78 is 5.23. The lowest BCUT2D eigenvalue weighted by atomic mass is 10.2. The zero-order chi connectivity index (χ0) is 9.10. The maximum Gasteiger partial charge on any atom is 0.128 e. The molecule has 68 valence electrons. The summed E-state index contributed by atoms with van der Waals surface area (Å²) in [6.07, 6.45) is 1.62. The van der Waals surface area contributed by atoms with E-state index in [1.807, 2.05) is 17.5 Å². The number of furan rings is 1. The standard InChI is InChI=1S/C8H9N3OS/c9-11-8(6-4-13-5-10-6)7-2-1-3-12-7/h1-5,8,11H,9H2. The predicted octanol–water partition coefficient (Wildman–Crippen LogP) is 1.29. The Morgan fingerprint density at radius 1 is 1.62 bits per heavy atom. The van der Waals surface area contributed by atoms with E-state index >= 15 is 0 Å². The molecule has 2 rings (SSSR count). The summed E-state index contributed by atoms with van der Waals surface area (Å²) in [5.74, 6) is 6.18. The van der Waals surface area contributed by atoms with Crippen molar-refractivity contribution in [3.63, 3.8) is 0 Å². The molecule has 1 atom stereocenters. The molecule has 0 aliphatic carbocycles. The molecule has 3 N–H and O–H groups in total. The highest BCUT2D eigenvalue weighted by Crippen LogP contribution is 2.20. The minimum atomic E-state index is -0.152. The van der Waals surface area contributed by atoms with Crippen molar-refractivity contribution in [3.8, 4) is 0 Å². The molecule has 1 unspecified atom stereocenters. The van der Waals surface area contributed by atoms with Gasteiger partial charge in [-0.25, -0.2) is 10.4 Å². The SMILES string of the molecule is NNC(c1cscn1)c1ccco1. The van der Waals surface area contributed by atoms with Crippen molar-refractivity contribution < 1.29 is 4.42 Å². The average Bonchev–Trinajstić information content (AvgIpc) is 2.76. The Balaban J connectivity index is 2.29. The van der Waals surface area contributed by atoms with Gasteiger partial charge >= 0.3 is 0 Å². The van der Waals surface area contributed by atoms with Crippen LogP contribution in [0.5, 0.6) is 0 Å². The molecule has 2 aromatic rings. The van der Waals surface area contributed by atoms with Gasteiger partial charge in [0.1, 0.15) is 11.8 Å². The summed E-state index contributed by atoms with van der Waals surface area (Å²) in [6, 6.07) is 3.54. The molecule has 2 aromatic heterocycles. The number of rotatable bonds is 3. The van der Waals surface area contributed by atoms with Gasteiger partial charge in [-0.1, -0.05) is 0 Å². The summed E-state index contributed by atoms with van der Waals surface area (Å²) in [6.45, 7) is 0. The first-order valence-corrected chi connectivity index (χ1v) is 4.73. The van der Waals surface area contributed by atoms with Crippen LogP contribution in [0.25, 0.3) is 0 Å². The Labute approximate surface area is 79.4 Å². The van der Waals surface area contributed by atoms with Crippen molar-refractivity contribution in [2.75, 3.05) is 0 Å². The van der Waals surface area contributed by atoms with Gasteiger partial charge in [0.2, 0.25) is 0 Å². The molecule has 13 heavy (non-hydrogen) atoms. The second-order valence-electron chi connectivity index (χ2n) is 2.53. The molecule has 0 amide bonds. The van der Waals surface area contributed by atoms with E-state index in [9.17, 15) is 0 Å². The number of hydrogen-bond acceptors (Lipinski definition) is 5. The maximum absolute atomic E-state index is 5.41. The molecule has 0 aliphatic rings. The van der Waals surface area contributed by atoms with Gasteiger partial charge in [0.25, 0.3) is 0 Å². The number of nitrogens with one attached hydrogen (secondary N) is 1. The van der Waals surface area contributed by atoms with Crippen LogP contribution in [0.1, 0.15) is 17.5 Å². The Morgan fingerprint density at radius 3 is 3.08 bits per heavy atom. The van der Waals surface area contributed by atoms with Crippen LogP contribution in [-0.4, -0.2) is 4.98 Å². The lowest BCUT2D eigenvalue weighted by Gasteiger charge is -2.09. The number of aromatic nitrogens is 1. The number of nitrogens with two attached hydrogens (primary N) is 1. The lowest BCUT2D eigenvalue weighted by Crippen LogP contribution is -2.28. The molecule has 4 nitrogen and oxygen atoms in total. The molecule has 0 aliphatic heterocycles. The first-order chi connectivity index (χ1) is 6.42. The fourth-order valence-electron chi connectivity index (χ4n) is 1.13. The molecular formula is C8H9N3OS. The third kappa shape index (κ3) is 1.62. The molecule has 0 bridgehead atoms. The quantitative estimate of drug-likeness (QED) is 0.572. The molecule has 0 saturated carbocycles. The van der Waals surface area contributed by atoms with E-state index in [-0.39, 0.29) is 6.04 Å². The fraction of sp³-hybridized carbons (Fsp3) is 0.125. The van der Waals surface area contributed by atoms with Gasteiger partial charge in [-0.2, -0.15) is 0 Å². The van der Waals surface area contributed by atoms with E-state index in [4.69, 9.17) is 10.3 Å². The summed E-state index contributed by atoms with van der Waals surface area (Å²) in [5, 5.41) is 1.94. The Bertz CT molecular complexity index is 309. The number of hydrazine groups is 1. The molecule has 0 fully saturated rings. The Kier molecular flexibility index (Phi) is 2.40. The van der Waals surface area contributed by atoms with E-state index in [2.05, 4.69) is 10.4 Å². The van der Waals surface area contributed by atoms with Crippen LogP contribution < -0.4 is 11.3 Å². The normalized spacial score (nSPS) is 13.0. The molecule has 0 radical (unpaired) electrons. The zero-order valence-electron chi connectivity index (χ0n) is 6.81. The highest BCUT2D eigenvalue weighted by Gasteiger charge is 2.16. The second kappa shape index (κ2) is 3.69. The first kappa shape index (κ1) is 8.43. The van der Waals surface area contributed by atoms with Crippen molar-refractivity contribution >= 4 is 11.3 Å². The van der Waals surface area contributed by atoms with Crippen molar-refractivity contribution in [2.24, 2.45) is 5.84 Å². The van der Waals surface area contributed by atoms with Gasteiger partial charge < -0.3 is 4.42 Å². The van der Waals surface area contributed by atoms with Crippen LogP contribution in [0, 0.1) is 0 Å². The highest BCUT2D eigenvalue weighted by molar-refractivity contribution is 7.07. The molecule has 5 heteroatoms. The summed E-state index contributed by atoms with van der Waals surface area (Å²) in [4.78, 5) is 4.16. The molecule has 0 spiro atoms. The van der Waals surface area contributed by atoms with Crippen LogP contribution in [0.3, 0.4) is 0 Å². The van der Waals surface area contributed by atoms with Crippen LogP contribution in [0.15, 0.2) is 33.7 Å². The number of nitrogens with zero attached hydrogens (tertiary/aromatic N) is 1. The third-order valence-electron chi connectivity index (χ3n) is 1.74. The van der Waals surface area contributed by atoms with Gasteiger partial charge in [0.15, 0.2) is 0 Å². The molecule has 0 saturated heterocycles. The van der Waals surface area contributed by atoms with Crippen LogP contribution in [-0.2, 0) is 0 Å². The fourth-order valence-corrected chi connectivity index (χ4v) is 1.71. The van der Waals surface area contributed by atoms with Gasteiger partial charge in [-0.15, -0.1) is 11.3 Å². The largest absolute Gasteiger partial charge is 0.467 e. The van der Waals surface area contributed by atoms with E-state index in [0.29, 0.717) is 0 Å². The topological polar surface area (TPSA) is 64.1 Å². The molecule has 0 aromatic carbocycles. The van der Waals surface area contributed by atoms with Crippen molar-refractivity contribution in [3.05, 3.63) is 40.7 Å². The van der Waals surface area contributed by atoms with Crippen molar-refractivity contribution in [2.45, 2.75) is 6.04 Å². The molecular weight excluding hydrogens is 186 g/mol. The van der Waals surface area contributed by atoms with Gasteiger partial charge in [-0.05, 0) is 12.1 Å². The minimum absolute atomic E-state index is 0.152. The van der Waals surface area contributed by atoms with E-state index in [0.717, 1.165) is 11.5 Å². The van der Waals surface area contributed by atoms with Crippen LogP contribution in [0.2, 0.25) is 0 Å². The van der Waals surface area contributed by atoms with Crippen LogP contribution >= 0.6 is 11.3 Å². The van der Waals surface area contributed by atoms with Crippen molar-refractivity contribution in [1.82, 2.24) is 10.4 Å². The average molecular weight is 195 g/mol. The predicted molar refractivity (Wildman–Crippen MR) is 50.0 cm³/mol. The zero-order valence-corrected chi connectivity index (χ0v) is 7.62. The second-order valence-corrected chi connectivity index (χ2v) is 3.25. The maximum atomic E-state index is 5.41. The first-order valence-electron chi connectivity index (χ1n) is 3.79. The Morgan fingerprint density at radius 2 is 2.54 bits per heavy atom. The lowest BCUT2D eigenvalue weighted by molar-refractivity contribution is 0.448. The summed E-state index contributed by atoms with van der Waals surface area (Å²) in [5.41, 5.74) is 5.30. The van der Waals surface area contributed by atoms with Gasteiger partial charge in [0, 0.05) is 5.38 Å². The van der Waals surface area contributed by atoms with E-state index < -0.39 is 0 Å². The molecule has 2 heterocycles. The highest BCUT2D eigenvalue weighted by atomic mass is 32.1. The summed E-state index contributed by atoms with van der Waals surface area (Å²) >= 11 is 1.53. The van der Waals surface area contributed by atoms with Crippen molar-refractivity contribution in [1.29, 1.82) is 0 Å². The van der Waals surface area contributed by atoms with Gasteiger partial charge in [-0.3, -0.25) is 5.84 Å².